The Bertz CT molecular complexity index is 527. The molecule has 1 aromatic heterocycles. The first-order chi connectivity index (χ1) is 8.24. The van der Waals surface area contributed by atoms with Crippen LogP contribution in [0, 0.1) is 6.92 Å². The zero-order valence-corrected chi connectivity index (χ0v) is 9.77. The lowest BCUT2D eigenvalue weighted by Crippen LogP contribution is -1.94. The fourth-order valence-electron chi connectivity index (χ4n) is 1.65. The minimum atomic E-state index is 0.618. The lowest BCUT2D eigenvalue weighted by molar-refractivity contribution is 0.389. The van der Waals surface area contributed by atoms with Crippen molar-refractivity contribution in [2.75, 3.05) is 12.6 Å². The van der Waals surface area contributed by atoms with Crippen molar-refractivity contribution in [1.82, 2.24) is 4.98 Å². The predicted molar refractivity (Wildman–Crippen MR) is 66.4 cm³/mol. The van der Waals surface area contributed by atoms with Crippen LogP contribution in [0.4, 0.5) is 5.69 Å². The molecule has 0 radical (unpaired) electrons. The minimum Gasteiger partial charge on any atom is -0.494 e. The molecule has 1 heterocycles. The topological polar surface area (TPSA) is 54.4 Å². The van der Waals surface area contributed by atoms with Crippen LogP contribution in [-0.4, -0.2) is 17.3 Å². The Kier molecular flexibility index (Phi) is 3.25. The van der Waals surface area contributed by atoms with Gasteiger partial charge in [-0.2, -0.15) is 0 Å². The number of ether oxygens (including phenoxy) is 1. The Labute approximate surface area is 99.8 Å². The van der Waals surface area contributed by atoms with Crippen LogP contribution in [0.3, 0.4) is 0 Å². The van der Waals surface area contributed by atoms with Gasteiger partial charge in [0, 0.05) is 11.3 Å². The second-order valence-electron chi connectivity index (χ2n) is 3.70. The first-order valence-corrected chi connectivity index (χ1v) is 5.27. The van der Waals surface area contributed by atoms with Gasteiger partial charge in [0.05, 0.1) is 12.8 Å². The number of benzene rings is 1. The summed E-state index contributed by atoms with van der Waals surface area (Å²) in [5.74, 6) is 0.714. The minimum absolute atomic E-state index is 0.618. The van der Waals surface area contributed by atoms with Gasteiger partial charge in [0.1, 0.15) is 11.4 Å². The number of methoxy groups -OCH3 is 1. The first-order valence-electron chi connectivity index (χ1n) is 5.27. The summed E-state index contributed by atoms with van der Waals surface area (Å²) in [6.45, 7) is 1.93. The molecule has 0 saturated heterocycles. The van der Waals surface area contributed by atoms with E-state index in [0.717, 1.165) is 17.0 Å². The second kappa shape index (κ2) is 4.84. The van der Waals surface area contributed by atoms with Crippen molar-refractivity contribution in [2.45, 2.75) is 6.92 Å². The number of anilines is 1. The number of rotatable bonds is 3. The van der Waals surface area contributed by atoms with Crippen LogP contribution in [0.25, 0.3) is 11.3 Å². The molecule has 4 heteroatoms. The van der Waals surface area contributed by atoms with E-state index in [0.29, 0.717) is 11.4 Å². The smallest absolute Gasteiger partial charge is 0.145 e. The molecule has 17 heavy (non-hydrogen) atoms. The third-order valence-electron chi connectivity index (χ3n) is 2.48. The molecular weight excluding hydrogens is 216 g/mol. The Morgan fingerprint density at radius 3 is 2.76 bits per heavy atom. The van der Waals surface area contributed by atoms with E-state index < -0.39 is 0 Å². The Balaban J connectivity index is 2.54. The van der Waals surface area contributed by atoms with E-state index in [-0.39, 0.29) is 0 Å². The van der Waals surface area contributed by atoms with Crippen molar-refractivity contribution in [3.63, 3.8) is 0 Å². The summed E-state index contributed by atoms with van der Waals surface area (Å²) in [5, 5.41) is 8.89. The third kappa shape index (κ3) is 2.37. The predicted octanol–water partition coefficient (Wildman–Crippen LogP) is 2.87. The molecule has 1 aromatic carbocycles. The maximum absolute atomic E-state index is 8.89. The maximum atomic E-state index is 8.89. The molecule has 0 bridgehead atoms. The fourth-order valence-corrected chi connectivity index (χ4v) is 1.65. The lowest BCUT2D eigenvalue weighted by atomic mass is 10.1. The van der Waals surface area contributed by atoms with E-state index in [9.17, 15) is 0 Å². The molecule has 0 aliphatic carbocycles. The summed E-state index contributed by atoms with van der Waals surface area (Å²) >= 11 is 0. The highest BCUT2D eigenvalue weighted by Gasteiger charge is 2.08. The van der Waals surface area contributed by atoms with Gasteiger partial charge in [0.15, 0.2) is 0 Å². The molecule has 4 nitrogen and oxygen atoms in total. The molecule has 0 fully saturated rings. The quantitative estimate of drug-likeness (QED) is 0.796. The number of nitrogens with one attached hydrogen (secondary N) is 1. The van der Waals surface area contributed by atoms with Crippen LogP contribution in [0.15, 0.2) is 36.4 Å². The van der Waals surface area contributed by atoms with Crippen LogP contribution >= 0.6 is 0 Å². The zero-order chi connectivity index (χ0) is 12.3. The molecule has 0 aliphatic heterocycles. The van der Waals surface area contributed by atoms with Crippen LogP contribution in [0.5, 0.6) is 5.75 Å². The number of pyridine rings is 1. The number of hydrogen-bond donors (Lipinski definition) is 2. The standard InChI is InChI=1S/C13H14N2O2/c1-9-6-7-12(17-2)13(14-9)10-4-3-5-11(8-10)15-16/h3-8,15-16H,1-2H3. The fraction of sp³-hybridized carbons (Fsp3) is 0.154. The van der Waals surface area contributed by atoms with E-state index in [2.05, 4.69) is 10.5 Å². The highest BCUT2D eigenvalue weighted by atomic mass is 16.5. The molecule has 2 rings (SSSR count). The van der Waals surface area contributed by atoms with Crippen molar-refractivity contribution in [2.24, 2.45) is 0 Å². The van der Waals surface area contributed by atoms with Gasteiger partial charge in [0.25, 0.3) is 0 Å². The highest BCUT2D eigenvalue weighted by Crippen LogP contribution is 2.29. The van der Waals surface area contributed by atoms with Crippen LogP contribution < -0.4 is 10.2 Å². The van der Waals surface area contributed by atoms with Gasteiger partial charge < -0.3 is 4.74 Å². The van der Waals surface area contributed by atoms with Gasteiger partial charge in [0.2, 0.25) is 0 Å². The van der Waals surface area contributed by atoms with Crippen molar-refractivity contribution in [1.29, 1.82) is 0 Å². The molecule has 88 valence electrons. The number of nitrogens with zero attached hydrogens (tertiary/aromatic N) is 1. The summed E-state index contributed by atoms with van der Waals surface area (Å²) in [6, 6.07) is 11.1. The van der Waals surface area contributed by atoms with E-state index in [1.807, 2.05) is 37.3 Å². The van der Waals surface area contributed by atoms with Crippen molar-refractivity contribution < 1.29 is 9.94 Å². The molecule has 0 amide bonds. The monoisotopic (exact) mass is 230 g/mol. The van der Waals surface area contributed by atoms with Crippen molar-refractivity contribution >= 4 is 5.69 Å². The zero-order valence-electron chi connectivity index (χ0n) is 9.77. The number of hydrogen-bond acceptors (Lipinski definition) is 4. The van der Waals surface area contributed by atoms with E-state index in [1.165, 1.54) is 0 Å². The maximum Gasteiger partial charge on any atom is 0.145 e. The van der Waals surface area contributed by atoms with Crippen molar-refractivity contribution in [3.8, 4) is 17.0 Å². The SMILES string of the molecule is COc1ccc(C)nc1-c1cccc(NO)c1. The second-order valence-corrected chi connectivity index (χ2v) is 3.70. The summed E-state index contributed by atoms with van der Waals surface area (Å²) in [5.41, 5.74) is 5.32. The summed E-state index contributed by atoms with van der Waals surface area (Å²) < 4.78 is 5.28. The lowest BCUT2D eigenvalue weighted by Gasteiger charge is -2.09. The Morgan fingerprint density at radius 2 is 2.06 bits per heavy atom. The Hall–Kier alpha value is -2.07. The molecule has 2 N–H and O–H groups in total. The molecule has 0 atom stereocenters. The van der Waals surface area contributed by atoms with Crippen LogP contribution in [0.2, 0.25) is 0 Å². The molecule has 0 aliphatic rings. The molecule has 2 aromatic rings. The van der Waals surface area contributed by atoms with Gasteiger partial charge in [-0.15, -0.1) is 0 Å². The van der Waals surface area contributed by atoms with Gasteiger partial charge in [-0.1, -0.05) is 12.1 Å². The highest BCUT2D eigenvalue weighted by molar-refractivity contribution is 5.69. The molecule has 0 spiro atoms. The van der Waals surface area contributed by atoms with E-state index >= 15 is 0 Å². The molecular formula is C13H14N2O2. The first kappa shape index (κ1) is 11.4. The Morgan fingerprint density at radius 1 is 1.24 bits per heavy atom. The average Bonchev–Trinajstić information content (AvgIpc) is 2.39. The molecule has 0 unspecified atom stereocenters. The average molecular weight is 230 g/mol. The van der Waals surface area contributed by atoms with E-state index in [4.69, 9.17) is 9.94 Å². The summed E-state index contributed by atoms with van der Waals surface area (Å²) in [7, 11) is 1.62. The normalized spacial score (nSPS) is 10.1. The van der Waals surface area contributed by atoms with Crippen molar-refractivity contribution in [3.05, 3.63) is 42.1 Å². The summed E-state index contributed by atoms with van der Waals surface area (Å²) in [4.78, 5) is 4.46. The van der Waals surface area contributed by atoms with Crippen LogP contribution in [-0.2, 0) is 0 Å². The van der Waals surface area contributed by atoms with Gasteiger partial charge in [-0.3, -0.25) is 10.7 Å². The largest absolute Gasteiger partial charge is 0.494 e. The molecule has 0 saturated carbocycles. The van der Waals surface area contributed by atoms with Gasteiger partial charge in [-0.25, -0.2) is 4.98 Å². The van der Waals surface area contributed by atoms with Crippen LogP contribution in [0.1, 0.15) is 5.69 Å². The van der Waals surface area contributed by atoms with Gasteiger partial charge in [-0.05, 0) is 31.2 Å². The van der Waals surface area contributed by atoms with E-state index in [1.54, 1.807) is 13.2 Å². The summed E-state index contributed by atoms with van der Waals surface area (Å²) in [6.07, 6.45) is 0. The number of aryl methyl sites for hydroxylation is 1. The third-order valence-corrected chi connectivity index (χ3v) is 2.48. The van der Waals surface area contributed by atoms with Gasteiger partial charge >= 0.3 is 0 Å². The number of aromatic nitrogens is 1.